The lowest BCUT2D eigenvalue weighted by Crippen LogP contribution is -2.24. The third kappa shape index (κ3) is 6.69. The fourth-order valence-electron chi connectivity index (χ4n) is 2.65. The van der Waals surface area contributed by atoms with Crippen molar-refractivity contribution in [3.63, 3.8) is 0 Å². The zero-order valence-corrected chi connectivity index (χ0v) is 17.7. The van der Waals surface area contributed by atoms with E-state index in [0.717, 1.165) is 5.56 Å². The number of hydrogen-bond donors (Lipinski definition) is 2. The van der Waals surface area contributed by atoms with Crippen LogP contribution in [-0.2, 0) is 16.1 Å². The number of pyridine rings is 1. The van der Waals surface area contributed by atoms with Crippen molar-refractivity contribution in [2.45, 2.75) is 6.54 Å². The molecule has 0 unspecified atom stereocenters. The predicted octanol–water partition coefficient (Wildman–Crippen LogP) is 3.98. The molecular formula is C24H19ClN4O3. The van der Waals surface area contributed by atoms with Gasteiger partial charge in [-0.05, 0) is 47.5 Å². The lowest BCUT2D eigenvalue weighted by atomic mass is 10.1. The number of carbonyl (C=O) groups excluding carboxylic acids is 2. The summed E-state index contributed by atoms with van der Waals surface area (Å²) in [6, 6.07) is 19.1. The summed E-state index contributed by atoms with van der Waals surface area (Å²) in [7, 11) is 0. The van der Waals surface area contributed by atoms with E-state index in [0.29, 0.717) is 22.0 Å². The summed E-state index contributed by atoms with van der Waals surface area (Å²) in [6.45, 7) is 0.0787. The second-order valence-corrected chi connectivity index (χ2v) is 7.01. The van der Waals surface area contributed by atoms with E-state index in [2.05, 4.69) is 15.6 Å². The minimum atomic E-state index is -0.479. The first-order valence-electron chi connectivity index (χ1n) is 9.61. The molecule has 32 heavy (non-hydrogen) atoms. The second-order valence-electron chi connectivity index (χ2n) is 6.60. The van der Waals surface area contributed by atoms with E-state index in [1.54, 1.807) is 67.0 Å². The van der Waals surface area contributed by atoms with Crippen LogP contribution >= 0.6 is 11.6 Å². The van der Waals surface area contributed by atoms with Gasteiger partial charge < -0.3 is 15.4 Å². The normalized spacial score (nSPS) is 10.7. The molecular weight excluding hydrogens is 428 g/mol. The number of amides is 2. The van der Waals surface area contributed by atoms with Gasteiger partial charge in [-0.15, -0.1) is 0 Å². The van der Waals surface area contributed by atoms with Crippen LogP contribution in [0.5, 0.6) is 5.75 Å². The van der Waals surface area contributed by atoms with Gasteiger partial charge in [0.25, 0.3) is 11.8 Å². The van der Waals surface area contributed by atoms with E-state index in [9.17, 15) is 14.9 Å². The van der Waals surface area contributed by atoms with Gasteiger partial charge in [-0.1, -0.05) is 41.9 Å². The molecule has 0 radical (unpaired) electrons. The van der Waals surface area contributed by atoms with Gasteiger partial charge >= 0.3 is 0 Å². The molecule has 8 heteroatoms. The molecule has 0 aliphatic carbocycles. The van der Waals surface area contributed by atoms with Crippen LogP contribution in [0.4, 0.5) is 5.69 Å². The standard InChI is InChI=1S/C24H19ClN4O3/c25-21-5-1-2-6-22(21)29-23(30)16-32-20-9-7-17(8-10-20)12-19(13-26)24(31)28-15-18-4-3-11-27-14-18/h1-12,14H,15-16H2,(H,28,31)(H,29,30)/b19-12+. The molecule has 0 spiro atoms. The third-order valence-corrected chi connectivity index (χ3v) is 4.58. The first kappa shape index (κ1) is 22.5. The number of rotatable bonds is 8. The monoisotopic (exact) mass is 446 g/mol. The number of nitrogens with zero attached hydrogens (tertiary/aromatic N) is 2. The molecule has 0 bridgehead atoms. The average molecular weight is 447 g/mol. The lowest BCUT2D eigenvalue weighted by molar-refractivity contribution is -0.118. The van der Waals surface area contributed by atoms with E-state index in [4.69, 9.17) is 16.3 Å². The van der Waals surface area contributed by atoms with E-state index in [1.807, 2.05) is 12.1 Å². The Morgan fingerprint density at radius 1 is 1.09 bits per heavy atom. The number of halogens is 1. The highest BCUT2D eigenvalue weighted by atomic mass is 35.5. The molecule has 1 heterocycles. The van der Waals surface area contributed by atoms with Crippen LogP contribution in [0.3, 0.4) is 0 Å². The maximum Gasteiger partial charge on any atom is 0.262 e. The zero-order chi connectivity index (χ0) is 22.8. The minimum absolute atomic E-state index is 0.0262. The Morgan fingerprint density at radius 2 is 1.88 bits per heavy atom. The van der Waals surface area contributed by atoms with Crippen LogP contribution in [0.2, 0.25) is 5.02 Å². The number of aromatic nitrogens is 1. The Hall–Kier alpha value is -4.15. The van der Waals surface area contributed by atoms with Crippen molar-refractivity contribution in [1.29, 1.82) is 5.26 Å². The molecule has 2 aromatic carbocycles. The highest BCUT2D eigenvalue weighted by Crippen LogP contribution is 2.20. The fourth-order valence-corrected chi connectivity index (χ4v) is 2.84. The Labute approximate surface area is 190 Å². The summed E-state index contributed by atoms with van der Waals surface area (Å²) < 4.78 is 5.48. The summed E-state index contributed by atoms with van der Waals surface area (Å²) in [5.41, 5.74) is 1.96. The number of para-hydroxylation sites is 1. The number of benzene rings is 2. The molecule has 7 nitrogen and oxygen atoms in total. The van der Waals surface area contributed by atoms with Crippen molar-refractivity contribution in [3.8, 4) is 11.8 Å². The highest BCUT2D eigenvalue weighted by molar-refractivity contribution is 6.33. The molecule has 2 amide bonds. The second kappa shape index (κ2) is 11.3. The largest absolute Gasteiger partial charge is 0.484 e. The van der Waals surface area contributed by atoms with Crippen molar-refractivity contribution < 1.29 is 14.3 Å². The van der Waals surface area contributed by atoms with E-state index >= 15 is 0 Å². The van der Waals surface area contributed by atoms with Crippen LogP contribution in [0.15, 0.2) is 78.6 Å². The molecule has 2 N–H and O–H groups in total. The van der Waals surface area contributed by atoms with Crippen LogP contribution in [0, 0.1) is 11.3 Å². The molecule has 0 saturated heterocycles. The van der Waals surface area contributed by atoms with Gasteiger partial charge in [0.05, 0.1) is 10.7 Å². The quantitative estimate of drug-likeness (QED) is 0.402. The fraction of sp³-hybridized carbons (Fsp3) is 0.0833. The van der Waals surface area contributed by atoms with Crippen molar-refractivity contribution in [2.24, 2.45) is 0 Å². The van der Waals surface area contributed by atoms with Crippen molar-refractivity contribution in [3.05, 3.63) is 94.8 Å². The van der Waals surface area contributed by atoms with Crippen molar-refractivity contribution in [2.75, 3.05) is 11.9 Å². The van der Waals surface area contributed by atoms with Crippen LogP contribution in [-0.4, -0.2) is 23.4 Å². The van der Waals surface area contributed by atoms with Gasteiger partial charge in [-0.2, -0.15) is 5.26 Å². The molecule has 0 saturated carbocycles. The topological polar surface area (TPSA) is 104 Å². The predicted molar refractivity (Wildman–Crippen MR) is 122 cm³/mol. The summed E-state index contributed by atoms with van der Waals surface area (Å²) >= 11 is 6.01. The van der Waals surface area contributed by atoms with Crippen molar-refractivity contribution >= 4 is 35.2 Å². The number of nitriles is 1. The number of anilines is 1. The van der Waals surface area contributed by atoms with E-state index < -0.39 is 5.91 Å². The van der Waals surface area contributed by atoms with Crippen LogP contribution in [0.1, 0.15) is 11.1 Å². The van der Waals surface area contributed by atoms with E-state index in [-0.39, 0.29) is 24.6 Å². The molecule has 1 aromatic heterocycles. The third-order valence-electron chi connectivity index (χ3n) is 4.25. The Kier molecular flexibility index (Phi) is 7.96. The van der Waals surface area contributed by atoms with Crippen LogP contribution in [0.25, 0.3) is 6.08 Å². The Morgan fingerprint density at radius 3 is 2.56 bits per heavy atom. The molecule has 0 fully saturated rings. The Bertz CT molecular complexity index is 1160. The number of nitrogens with one attached hydrogen (secondary N) is 2. The maximum absolute atomic E-state index is 12.3. The maximum atomic E-state index is 12.3. The van der Waals surface area contributed by atoms with Crippen molar-refractivity contribution in [1.82, 2.24) is 10.3 Å². The minimum Gasteiger partial charge on any atom is -0.484 e. The lowest BCUT2D eigenvalue weighted by Gasteiger charge is -2.09. The van der Waals surface area contributed by atoms with Gasteiger partial charge in [0.2, 0.25) is 0 Å². The Balaban J connectivity index is 1.53. The zero-order valence-electron chi connectivity index (χ0n) is 16.9. The summed E-state index contributed by atoms with van der Waals surface area (Å²) in [5.74, 6) is -0.358. The smallest absolute Gasteiger partial charge is 0.262 e. The molecule has 0 aliphatic heterocycles. The summed E-state index contributed by atoms with van der Waals surface area (Å²) in [6.07, 6.45) is 4.76. The van der Waals surface area contributed by atoms with Crippen LogP contribution < -0.4 is 15.4 Å². The van der Waals surface area contributed by atoms with Gasteiger partial charge in [0, 0.05) is 18.9 Å². The number of carbonyl (C=O) groups is 2. The van der Waals surface area contributed by atoms with Gasteiger partial charge in [0.15, 0.2) is 6.61 Å². The van der Waals surface area contributed by atoms with E-state index in [1.165, 1.54) is 6.08 Å². The summed E-state index contributed by atoms with van der Waals surface area (Å²) in [5, 5.41) is 15.1. The number of ether oxygens (including phenoxy) is 1. The van der Waals surface area contributed by atoms with Gasteiger partial charge in [-0.3, -0.25) is 14.6 Å². The first-order chi connectivity index (χ1) is 15.5. The average Bonchev–Trinajstić information content (AvgIpc) is 2.82. The SMILES string of the molecule is N#C/C(=C\c1ccc(OCC(=O)Nc2ccccc2Cl)cc1)C(=O)NCc1cccnc1. The van der Waals surface area contributed by atoms with Gasteiger partial charge in [0.1, 0.15) is 17.4 Å². The number of hydrogen-bond acceptors (Lipinski definition) is 5. The molecule has 0 aliphatic rings. The molecule has 3 rings (SSSR count). The molecule has 3 aromatic rings. The molecule has 0 atom stereocenters. The highest BCUT2D eigenvalue weighted by Gasteiger charge is 2.09. The molecule has 160 valence electrons. The first-order valence-corrected chi connectivity index (χ1v) is 9.99. The summed E-state index contributed by atoms with van der Waals surface area (Å²) in [4.78, 5) is 28.3. The van der Waals surface area contributed by atoms with Gasteiger partial charge in [-0.25, -0.2) is 0 Å².